The van der Waals surface area contributed by atoms with Crippen molar-refractivity contribution in [1.29, 1.82) is 5.41 Å². The first-order chi connectivity index (χ1) is 41.9. The number of nitrogens with one attached hydrogen (secondary N) is 1. The summed E-state index contributed by atoms with van der Waals surface area (Å²) in [4.78, 5) is 167. The Balaban J connectivity index is 2.11. The molecule has 0 aliphatic carbocycles. The van der Waals surface area contributed by atoms with Crippen LogP contribution in [-0.2, 0) is 162 Å². The standard InChI is InChI=1S/C52H68Cl3NO34/c1-18(57)70-14-31-35(74-22(5)61)39(78-26(9)65)43(80-28(11)67)47(83-31)87-41-37(76-24(7)63)33(16-72-20(3)59)84-48(44(41)81-29(12)68)88-42-38(77-25(8)64)34(17-73-21(4)60)85-49(45(42)82-30(13)69)89-46-40(79-27(10)66)36(75-23(6)62)32(15-71-19(2)58)86-50(46)90-51(56)52(53,54)55/h31-50,56H,14-17H2,1-13H3/t31-,32-,33-,34-,35-,36-,37-,38-,39+,40+,41+,42+,43+,44+,45+,46+,47-,48-,49-,50-/m1/s1. The van der Waals surface area contributed by atoms with Gasteiger partial charge in [-0.3, -0.25) is 67.7 Å². The number of alkyl halides is 3. The smallest absolute Gasteiger partial charge is 0.303 e. The third-order valence-corrected chi connectivity index (χ3v) is 12.8. The summed E-state index contributed by atoms with van der Waals surface area (Å²) in [5.74, 6) is -15.2. The van der Waals surface area contributed by atoms with E-state index >= 15 is 0 Å². The summed E-state index contributed by atoms with van der Waals surface area (Å²) < 4.78 is 119. The van der Waals surface area contributed by atoms with E-state index in [0.717, 1.165) is 90.0 Å². The second-order valence-electron chi connectivity index (χ2n) is 19.8. The van der Waals surface area contributed by atoms with Gasteiger partial charge in [0.05, 0.1) is 0 Å². The van der Waals surface area contributed by atoms with Gasteiger partial charge in [0.2, 0.25) is 12.2 Å². The van der Waals surface area contributed by atoms with Crippen LogP contribution in [0, 0.1) is 5.41 Å². The number of carbonyl (C=O) groups excluding carboxylic acids is 13. The summed E-state index contributed by atoms with van der Waals surface area (Å²) in [5.41, 5.74) is 0. The van der Waals surface area contributed by atoms with Crippen LogP contribution >= 0.6 is 34.8 Å². The van der Waals surface area contributed by atoms with Crippen LogP contribution in [0.1, 0.15) is 90.0 Å². The molecule has 0 unspecified atom stereocenters. The fraction of sp³-hybridized carbons (Fsp3) is 0.731. The highest BCUT2D eigenvalue weighted by Gasteiger charge is 2.62. The molecular formula is C52H68Cl3NO34. The Labute approximate surface area is 526 Å². The maximum absolute atomic E-state index is 13.5. The molecule has 4 rings (SSSR count). The number of carbonyl (C=O) groups is 13. The molecule has 90 heavy (non-hydrogen) atoms. The van der Waals surface area contributed by atoms with Crippen LogP contribution in [-0.4, -0.2) is 237 Å². The van der Waals surface area contributed by atoms with Gasteiger partial charge in [-0.25, -0.2) is 0 Å². The van der Waals surface area contributed by atoms with Gasteiger partial charge in [-0.05, 0) is 0 Å². The predicted octanol–water partition coefficient (Wildman–Crippen LogP) is 0.0434. The van der Waals surface area contributed by atoms with Gasteiger partial charge in [0.1, 0.15) is 63.1 Å². The van der Waals surface area contributed by atoms with Crippen LogP contribution in [0.15, 0.2) is 0 Å². The highest BCUT2D eigenvalue weighted by Crippen LogP contribution is 2.41. The monoisotopic (exact) mass is 1360 g/mol. The van der Waals surface area contributed by atoms with E-state index in [1.807, 2.05) is 0 Å². The average molecular weight is 1360 g/mol. The van der Waals surface area contributed by atoms with Crippen molar-refractivity contribution in [1.82, 2.24) is 0 Å². The molecule has 4 fully saturated rings. The molecule has 0 aromatic rings. The number of hydrogen-bond acceptors (Lipinski definition) is 35. The quantitative estimate of drug-likeness (QED) is 0.0438. The van der Waals surface area contributed by atoms with Gasteiger partial charge in [0, 0.05) is 90.0 Å². The average Bonchev–Trinajstić information content (AvgIpc) is 0.824. The van der Waals surface area contributed by atoms with E-state index in [2.05, 4.69) is 0 Å². The van der Waals surface area contributed by atoms with E-state index in [1.54, 1.807) is 0 Å². The highest BCUT2D eigenvalue weighted by atomic mass is 35.6. The summed E-state index contributed by atoms with van der Waals surface area (Å²) in [6.45, 7) is 8.44. The van der Waals surface area contributed by atoms with Gasteiger partial charge in [-0.2, -0.15) is 0 Å². The molecule has 35 nitrogen and oxygen atoms in total. The Kier molecular flexibility index (Phi) is 28.6. The minimum atomic E-state index is -2.70. The molecule has 0 bridgehead atoms. The zero-order valence-electron chi connectivity index (χ0n) is 50.4. The molecule has 4 saturated heterocycles. The van der Waals surface area contributed by atoms with E-state index in [-0.39, 0.29) is 0 Å². The molecule has 0 saturated carbocycles. The molecule has 1 N–H and O–H groups in total. The Morgan fingerprint density at radius 3 is 0.722 bits per heavy atom. The van der Waals surface area contributed by atoms with Crippen molar-refractivity contribution in [2.45, 2.75) is 217 Å². The second kappa shape index (κ2) is 34.0. The molecule has 0 aromatic carbocycles. The fourth-order valence-electron chi connectivity index (χ4n) is 9.31. The summed E-state index contributed by atoms with van der Waals surface area (Å²) in [7, 11) is 0. The Hall–Kier alpha value is -6.83. The zero-order valence-corrected chi connectivity index (χ0v) is 52.7. The molecule has 0 radical (unpaired) electrons. The predicted molar refractivity (Wildman–Crippen MR) is 285 cm³/mol. The molecular weight excluding hydrogens is 1290 g/mol. The third-order valence-electron chi connectivity index (χ3n) is 12.3. The van der Waals surface area contributed by atoms with Crippen molar-refractivity contribution in [2.24, 2.45) is 0 Å². The maximum Gasteiger partial charge on any atom is 0.303 e. The first-order valence-electron chi connectivity index (χ1n) is 26.9. The lowest BCUT2D eigenvalue weighted by molar-refractivity contribution is -0.391. The van der Waals surface area contributed by atoms with Crippen molar-refractivity contribution >= 4 is 118 Å². The Morgan fingerprint density at radius 2 is 0.478 bits per heavy atom. The Bertz CT molecular complexity index is 2650. The van der Waals surface area contributed by atoms with Crippen LogP contribution in [0.2, 0.25) is 0 Å². The Morgan fingerprint density at radius 1 is 0.278 bits per heavy atom. The molecule has 4 heterocycles. The van der Waals surface area contributed by atoms with Crippen molar-refractivity contribution in [2.75, 3.05) is 26.4 Å². The topological polar surface area (TPSA) is 440 Å². The van der Waals surface area contributed by atoms with Crippen LogP contribution in [0.25, 0.3) is 0 Å². The molecule has 4 aliphatic rings. The number of halogens is 3. The van der Waals surface area contributed by atoms with Gasteiger partial charge in [0.25, 0.3) is 3.79 Å². The summed E-state index contributed by atoms with van der Waals surface area (Å²) in [6, 6.07) is 0. The summed E-state index contributed by atoms with van der Waals surface area (Å²) >= 11 is 18.1. The van der Waals surface area contributed by atoms with Crippen molar-refractivity contribution in [3.05, 3.63) is 0 Å². The lowest BCUT2D eigenvalue weighted by Gasteiger charge is -2.51. The maximum atomic E-state index is 13.5. The summed E-state index contributed by atoms with van der Waals surface area (Å²) in [5, 5.41) is 8.51. The third kappa shape index (κ3) is 22.8. The fourth-order valence-corrected chi connectivity index (χ4v) is 9.45. The van der Waals surface area contributed by atoms with Gasteiger partial charge < -0.3 is 99.5 Å². The SMILES string of the molecule is CC(=O)OC[C@H]1O[C@H](O[C@@H]2[C@H](OC(C)=O)[C@@H](O[C@@H]3[C@H](OC(C)=O)[C@@H](O[C@@H]4[C@@H](OC(=N)C(Cl)(Cl)Cl)O[C@H](COC(C)=O)[C@@H](OC(C)=O)[C@@H]4OC(C)=O)O[C@H](COC(C)=O)[C@H]3OC(C)=O)O[C@H](COC(C)=O)[C@H]2OC(C)=O)[C@@H](OC(C)=O)[C@@H](OC(C)=O)[C@@H]1OC(C)=O. The van der Waals surface area contributed by atoms with Crippen LogP contribution < -0.4 is 0 Å². The van der Waals surface area contributed by atoms with Crippen molar-refractivity contribution in [3.8, 4) is 0 Å². The zero-order chi connectivity index (χ0) is 67.8. The van der Waals surface area contributed by atoms with Gasteiger partial charge >= 0.3 is 77.6 Å². The van der Waals surface area contributed by atoms with E-state index < -0.39 is 237 Å². The van der Waals surface area contributed by atoms with E-state index in [0.29, 0.717) is 0 Å². The van der Waals surface area contributed by atoms with E-state index in [4.69, 9.17) is 140 Å². The second-order valence-corrected chi connectivity index (χ2v) is 22.1. The normalized spacial score (nSPS) is 31.4. The van der Waals surface area contributed by atoms with Crippen molar-refractivity contribution in [3.63, 3.8) is 0 Å². The first kappa shape index (κ1) is 75.6. The van der Waals surface area contributed by atoms with E-state index in [1.165, 1.54) is 0 Å². The largest absolute Gasteiger partial charge is 0.463 e. The minimum Gasteiger partial charge on any atom is -0.463 e. The number of ether oxygens (including phenoxy) is 21. The number of hydrogen-bond donors (Lipinski definition) is 1. The summed E-state index contributed by atoms with van der Waals surface area (Å²) in [6.07, 6.45) is -41.2. The van der Waals surface area contributed by atoms with Crippen molar-refractivity contribution < 1.29 is 162 Å². The number of esters is 13. The molecule has 0 aromatic heterocycles. The van der Waals surface area contributed by atoms with Crippen LogP contribution in [0.5, 0.6) is 0 Å². The molecule has 506 valence electrons. The molecule has 20 atom stereocenters. The number of rotatable bonds is 24. The lowest BCUT2D eigenvalue weighted by atomic mass is 9.94. The van der Waals surface area contributed by atoms with Crippen LogP contribution in [0.3, 0.4) is 0 Å². The highest BCUT2D eigenvalue weighted by molar-refractivity contribution is 6.76. The molecule has 4 aliphatic heterocycles. The van der Waals surface area contributed by atoms with Gasteiger partial charge in [-0.1, -0.05) is 34.8 Å². The molecule has 38 heteroatoms. The first-order valence-corrected chi connectivity index (χ1v) is 28.0. The van der Waals surface area contributed by atoms with Crippen LogP contribution in [0.4, 0.5) is 0 Å². The van der Waals surface area contributed by atoms with Gasteiger partial charge in [0.15, 0.2) is 79.9 Å². The van der Waals surface area contributed by atoms with E-state index in [9.17, 15) is 62.3 Å². The lowest BCUT2D eigenvalue weighted by Crippen LogP contribution is -2.70. The molecule has 0 spiro atoms. The van der Waals surface area contributed by atoms with Gasteiger partial charge in [-0.15, -0.1) is 0 Å². The minimum absolute atomic E-state index is 0.792. The molecule has 0 amide bonds.